The Bertz CT molecular complexity index is 1150. The number of hydrogen-bond donors (Lipinski definition) is 1. The number of carbonyl (C=O) groups is 2. The first-order valence-corrected chi connectivity index (χ1v) is 13.5. The molecule has 0 aliphatic heterocycles. The van der Waals surface area contributed by atoms with E-state index in [-0.39, 0.29) is 24.1 Å². The summed E-state index contributed by atoms with van der Waals surface area (Å²) in [5, 5.41) is 2.86. The van der Waals surface area contributed by atoms with Crippen LogP contribution in [0, 0.1) is 12.8 Å². The quantitative estimate of drug-likeness (QED) is 0.462. The Morgan fingerprint density at radius 2 is 1.58 bits per heavy atom. The number of amides is 2. The molecule has 2 rings (SSSR count). The number of carbonyl (C=O) groups excluding carboxylic acids is 2. The van der Waals surface area contributed by atoms with E-state index in [1.807, 2.05) is 45.0 Å². The summed E-state index contributed by atoms with van der Waals surface area (Å²) in [6, 6.07) is 11.4. The largest absolute Gasteiger partial charge is 0.493 e. The average molecular weight is 520 g/mol. The lowest BCUT2D eigenvalue weighted by atomic mass is 10.1. The third kappa shape index (κ3) is 7.87. The highest BCUT2D eigenvalue weighted by Crippen LogP contribution is 2.32. The second-order valence-corrected chi connectivity index (χ2v) is 11.0. The van der Waals surface area contributed by atoms with Gasteiger partial charge in [0.05, 0.1) is 26.2 Å². The van der Waals surface area contributed by atoms with Gasteiger partial charge in [0.25, 0.3) is 0 Å². The topological polar surface area (TPSA) is 105 Å². The average Bonchev–Trinajstić information content (AvgIpc) is 2.83. The Morgan fingerprint density at radius 3 is 2.11 bits per heavy atom. The minimum absolute atomic E-state index is 0.152. The summed E-state index contributed by atoms with van der Waals surface area (Å²) in [7, 11) is -0.929. The first kappa shape index (κ1) is 29.0. The number of nitrogens with zero attached hydrogens (tertiary/aromatic N) is 2. The molecular formula is C26H37N3O6S. The van der Waals surface area contributed by atoms with Gasteiger partial charge in [-0.05, 0) is 37.5 Å². The summed E-state index contributed by atoms with van der Waals surface area (Å²) in [4.78, 5) is 27.9. The van der Waals surface area contributed by atoms with Crippen molar-refractivity contribution in [2.75, 3.05) is 37.9 Å². The van der Waals surface area contributed by atoms with E-state index in [0.717, 1.165) is 21.7 Å². The van der Waals surface area contributed by atoms with Gasteiger partial charge in [-0.2, -0.15) is 0 Å². The second-order valence-electron chi connectivity index (χ2n) is 9.13. The standard InChI is InChI=1S/C26H37N3O6S/c1-18(2)15-27-26(31)20(4)28(16-21-10-8-19(3)9-11-21)25(30)17-29(36(7,32)33)22-12-13-23(34-5)24(14-22)35-6/h8-14,18,20H,15-17H2,1-7H3,(H,27,31)/t20-/m1/s1. The van der Waals surface area contributed by atoms with E-state index < -0.39 is 28.5 Å². The molecule has 2 aromatic rings. The Labute approximate surface area is 214 Å². The van der Waals surface area contributed by atoms with Crippen LogP contribution in [0.15, 0.2) is 42.5 Å². The number of anilines is 1. The number of ether oxygens (including phenoxy) is 2. The molecular weight excluding hydrogens is 482 g/mol. The summed E-state index contributed by atoms with van der Waals surface area (Å²) in [5.74, 6) is 0.184. The maximum atomic E-state index is 13.6. The fraction of sp³-hybridized carbons (Fsp3) is 0.462. The molecule has 2 aromatic carbocycles. The molecule has 0 heterocycles. The molecule has 0 bridgehead atoms. The van der Waals surface area contributed by atoms with Gasteiger partial charge < -0.3 is 19.7 Å². The molecule has 0 radical (unpaired) electrons. The van der Waals surface area contributed by atoms with Crippen LogP contribution in [0.2, 0.25) is 0 Å². The van der Waals surface area contributed by atoms with Gasteiger partial charge in [0.1, 0.15) is 12.6 Å². The van der Waals surface area contributed by atoms with Crippen molar-refractivity contribution in [1.29, 1.82) is 0 Å². The molecule has 1 atom stereocenters. The molecule has 0 fully saturated rings. The lowest BCUT2D eigenvalue weighted by molar-refractivity contribution is -0.139. The summed E-state index contributed by atoms with van der Waals surface area (Å²) < 4.78 is 37.0. The zero-order chi connectivity index (χ0) is 27.0. The summed E-state index contributed by atoms with van der Waals surface area (Å²) in [6.07, 6.45) is 1.03. The van der Waals surface area contributed by atoms with Crippen LogP contribution in [0.3, 0.4) is 0 Å². The molecule has 9 nitrogen and oxygen atoms in total. The van der Waals surface area contributed by atoms with Crippen LogP contribution in [0.5, 0.6) is 11.5 Å². The number of sulfonamides is 1. The van der Waals surface area contributed by atoms with E-state index in [1.54, 1.807) is 19.1 Å². The van der Waals surface area contributed by atoms with E-state index in [1.165, 1.54) is 25.2 Å². The van der Waals surface area contributed by atoms with Crippen molar-refractivity contribution >= 4 is 27.5 Å². The number of benzene rings is 2. The van der Waals surface area contributed by atoms with Crippen molar-refractivity contribution in [2.45, 2.75) is 40.3 Å². The molecule has 0 unspecified atom stereocenters. The fourth-order valence-corrected chi connectivity index (χ4v) is 4.36. The molecule has 1 N–H and O–H groups in total. The van der Waals surface area contributed by atoms with Crippen molar-refractivity contribution in [3.8, 4) is 11.5 Å². The predicted molar refractivity (Wildman–Crippen MR) is 141 cm³/mol. The van der Waals surface area contributed by atoms with Gasteiger partial charge in [-0.3, -0.25) is 13.9 Å². The highest BCUT2D eigenvalue weighted by atomic mass is 32.2. The zero-order valence-electron chi connectivity index (χ0n) is 22.1. The number of hydrogen-bond acceptors (Lipinski definition) is 6. The van der Waals surface area contributed by atoms with Crippen molar-refractivity contribution in [2.24, 2.45) is 5.92 Å². The molecule has 0 aliphatic carbocycles. The molecule has 0 saturated heterocycles. The smallest absolute Gasteiger partial charge is 0.244 e. The minimum atomic E-state index is -3.85. The molecule has 10 heteroatoms. The van der Waals surface area contributed by atoms with Crippen LogP contribution in [-0.4, -0.2) is 64.7 Å². The first-order valence-electron chi connectivity index (χ1n) is 11.7. The van der Waals surface area contributed by atoms with Gasteiger partial charge in [-0.15, -0.1) is 0 Å². The number of aryl methyl sites for hydroxylation is 1. The lowest BCUT2D eigenvalue weighted by Crippen LogP contribution is -2.51. The molecule has 0 aromatic heterocycles. The number of methoxy groups -OCH3 is 2. The summed E-state index contributed by atoms with van der Waals surface area (Å²) in [6.45, 7) is 7.70. The number of nitrogens with one attached hydrogen (secondary N) is 1. The summed E-state index contributed by atoms with van der Waals surface area (Å²) >= 11 is 0. The van der Waals surface area contributed by atoms with Gasteiger partial charge in [0.2, 0.25) is 21.8 Å². The van der Waals surface area contributed by atoms with E-state index in [9.17, 15) is 18.0 Å². The Morgan fingerprint density at radius 1 is 0.972 bits per heavy atom. The van der Waals surface area contributed by atoms with E-state index >= 15 is 0 Å². The van der Waals surface area contributed by atoms with Crippen molar-refractivity contribution in [3.63, 3.8) is 0 Å². The van der Waals surface area contributed by atoms with Gasteiger partial charge >= 0.3 is 0 Å². The second kappa shape index (κ2) is 12.6. The van der Waals surface area contributed by atoms with Crippen molar-refractivity contribution in [3.05, 3.63) is 53.6 Å². The Balaban J connectivity index is 2.41. The third-order valence-electron chi connectivity index (χ3n) is 5.66. The normalized spacial score (nSPS) is 12.1. The molecule has 198 valence electrons. The Hall–Kier alpha value is -3.27. The molecule has 0 spiro atoms. The molecule has 2 amide bonds. The lowest BCUT2D eigenvalue weighted by Gasteiger charge is -2.31. The fourth-order valence-electron chi connectivity index (χ4n) is 3.52. The summed E-state index contributed by atoms with van der Waals surface area (Å²) in [5.41, 5.74) is 2.14. The predicted octanol–water partition coefficient (Wildman–Crippen LogP) is 2.97. The van der Waals surface area contributed by atoms with Crippen LogP contribution in [0.4, 0.5) is 5.69 Å². The zero-order valence-corrected chi connectivity index (χ0v) is 22.9. The van der Waals surface area contributed by atoms with Crippen LogP contribution in [0.1, 0.15) is 31.9 Å². The maximum absolute atomic E-state index is 13.6. The molecule has 0 aliphatic rings. The van der Waals surface area contributed by atoms with Gasteiger partial charge in [-0.1, -0.05) is 43.7 Å². The van der Waals surface area contributed by atoms with Crippen LogP contribution in [-0.2, 0) is 26.2 Å². The Kier molecular flexibility index (Phi) is 10.2. The highest BCUT2D eigenvalue weighted by molar-refractivity contribution is 7.92. The SMILES string of the molecule is COc1ccc(N(CC(=O)N(Cc2ccc(C)cc2)[C@H](C)C(=O)NCC(C)C)S(C)(=O)=O)cc1OC. The van der Waals surface area contributed by atoms with Crippen molar-refractivity contribution in [1.82, 2.24) is 10.2 Å². The van der Waals surface area contributed by atoms with Gasteiger partial charge in [0, 0.05) is 19.2 Å². The van der Waals surface area contributed by atoms with E-state index in [4.69, 9.17) is 9.47 Å². The van der Waals surface area contributed by atoms with Gasteiger partial charge in [-0.25, -0.2) is 8.42 Å². The van der Waals surface area contributed by atoms with Gasteiger partial charge in [0.15, 0.2) is 11.5 Å². The first-order chi connectivity index (χ1) is 16.9. The molecule has 0 saturated carbocycles. The minimum Gasteiger partial charge on any atom is -0.493 e. The maximum Gasteiger partial charge on any atom is 0.244 e. The number of rotatable bonds is 12. The molecule has 36 heavy (non-hydrogen) atoms. The van der Waals surface area contributed by atoms with E-state index in [2.05, 4.69) is 5.32 Å². The highest BCUT2D eigenvalue weighted by Gasteiger charge is 2.30. The third-order valence-corrected chi connectivity index (χ3v) is 6.80. The van der Waals surface area contributed by atoms with Crippen molar-refractivity contribution < 1.29 is 27.5 Å². The van der Waals surface area contributed by atoms with Crippen LogP contribution < -0.4 is 19.1 Å². The monoisotopic (exact) mass is 519 g/mol. The van der Waals surface area contributed by atoms with Crippen LogP contribution in [0.25, 0.3) is 0 Å². The van der Waals surface area contributed by atoms with E-state index in [0.29, 0.717) is 18.0 Å². The van der Waals surface area contributed by atoms with Crippen LogP contribution >= 0.6 is 0 Å².